The number of aryl methyl sites for hydroxylation is 1. The van der Waals surface area contributed by atoms with Gasteiger partial charge in [-0.1, -0.05) is 24.5 Å². The minimum atomic E-state index is -0.221. The third-order valence-corrected chi connectivity index (χ3v) is 3.96. The molecule has 0 radical (unpaired) electrons. The molecule has 1 aliphatic carbocycles. The molecule has 0 bridgehead atoms. The van der Waals surface area contributed by atoms with Crippen molar-refractivity contribution in [3.63, 3.8) is 0 Å². The van der Waals surface area contributed by atoms with Crippen LogP contribution in [-0.4, -0.2) is 27.2 Å². The number of hydrogen-bond donors (Lipinski definition) is 1. The molecule has 2 rings (SSSR count). The Morgan fingerprint density at radius 3 is 2.72 bits per heavy atom. The Hall–Kier alpha value is -0.940. The van der Waals surface area contributed by atoms with Crippen molar-refractivity contribution < 1.29 is 4.74 Å². The third kappa shape index (κ3) is 2.42. The highest BCUT2D eigenvalue weighted by molar-refractivity contribution is 5.10. The van der Waals surface area contributed by atoms with Crippen LogP contribution in [0.1, 0.15) is 57.7 Å². The van der Waals surface area contributed by atoms with Crippen molar-refractivity contribution in [2.75, 3.05) is 6.61 Å². The Balaban J connectivity index is 2.24. The van der Waals surface area contributed by atoms with Crippen LogP contribution in [0.4, 0.5) is 0 Å². The molecule has 1 saturated carbocycles. The lowest BCUT2D eigenvalue weighted by molar-refractivity contribution is -0.0845. The highest BCUT2D eigenvalue weighted by atomic mass is 16.5. The molecule has 0 aliphatic heterocycles. The maximum Gasteiger partial charge on any atom is 0.0889 e. The van der Waals surface area contributed by atoms with Gasteiger partial charge in [0, 0.05) is 13.2 Å². The number of ether oxygens (including phenoxy) is 1. The van der Waals surface area contributed by atoms with Gasteiger partial charge in [-0.15, -0.1) is 5.10 Å². The van der Waals surface area contributed by atoms with Gasteiger partial charge in [-0.25, -0.2) is 4.68 Å². The zero-order valence-electron chi connectivity index (χ0n) is 11.4. The van der Waals surface area contributed by atoms with Crippen LogP contribution in [0, 0.1) is 0 Å². The average Bonchev–Trinajstić information content (AvgIpc) is 2.87. The van der Waals surface area contributed by atoms with E-state index in [4.69, 9.17) is 10.5 Å². The van der Waals surface area contributed by atoms with Gasteiger partial charge in [-0.05, 0) is 26.7 Å². The molecule has 1 atom stereocenters. The number of nitrogens with zero attached hydrogens (tertiary/aromatic N) is 3. The SMILES string of the molecule is CCOC1(C(N)c2cnnn2CC)CCCCC1. The molecular formula is C13H24N4O. The van der Waals surface area contributed by atoms with Crippen LogP contribution in [0.3, 0.4) is 0 Å². The monoisotopic (exact) mass is 252 g/mol. The summed E-state index contributed by atoms with van der Waals surface area (Å²) < 4.78 is 7.94. The van der Waals surface area contributed by atoms with Crippen LogP contribution in [-0.2, 0) is 11.3 Å². The summed E-state index contributed by atoms with van der Waals surface area (Å²) >= 11 is 0. The molecular weight excluding hydrogens is 228 g/mol. The lowest BCUT2D eigenvalue weighted by Crippen LogP contribution is -2.46. The van der Waals surface area contributed by atoms with Crippen molar-refractivity contribution in [3.05, 3.63) is 11.9 Å². The summed E-state index contributed by atoms with van der Waals surface area (Å²) in [5.41, 5.74) is 7.26. The van der Waals surface area contributed by atoms with Gasteiger partial charge in [-0.2, -0.15) is 0 Å². The second-order valence-electron chi connectivity index (χ2n) is 5.01. The molecule has 1 unspecified atom stereocenters. The van der Waals surface area contributed by atoms with E-state index in [9.17, 15) is 0 Å². The molecule has 0 spiro atoms. The molecule has 102 valence electrons. The van der Waals surface area contributed by atoms with E-state index in [1.54, 1.807) is 6.20 Å². The first-order valence-corrected chi connectivity index (χ1v) is 7.01. The van der Waals surface area contributed by atoms with Crippen LogP contribution in [0.2, 0.25) is 0 Å². The first kappa shape index (κ1) is 13.5. The van der Waals surface area contributed by atoms with Crippen LogP contribution in [0.15, 0.2) is 6.20 Å². The second kappa shape index (κ2) is 5.80. The summed E-state index contributed by atoms with van der Waals surface area (Å²) in [4.78, 5) is 0. The summed E-state index contributed by atoms with van der Waals surface area (Å²) in [7, 11) is 0. The van der Waals surface area contributed by atoms with E-state index in [1.807, 2.05) is 11.6 Å². The maximum atomic E-state index is 6.49. The molecule has 1 aromatic rings. The van der Waals surface area contributed by atoms with E-state index in [-0.39, 0.29) is 11.6 Å². The summed E-state index contributed by atoms with van der Waals surface area (Å²) in [5.74, 6) is 0. The van der Waals surface area contributed by atoms with Gasteiger partial charge in [-0.3, -0.25) is 0 Å². The predicted molar refractivity (Wildman–Crippen MR) is 70.1 cm³/mol. The molecule has 5 nitrogen and oxygen atoms in total. The normalized spacial score (nSPS) is 20.8. The van der Waals surface area contributed by atoms with Crippen molar-refractivity contribution in [2.45, 2.75) is 64.1 Å². The third-order valence-electron chi connectivity index (χ3n) is 3.96. The number of nitrogens with two attached hydrogens (primary N) is 1. The van der Waals surface area contributed by atoms with Crippen molar-refractivity contribution in [2.24, 2.45) is 5.73 Å². The van der Waals surface area contributed by atoms with Crippen molar-refractivity contribution >= 4 is 0 Å². The largest absolute Gasteiger partial charge is 0.373 e. The van der Waals surface area contributed by atoms with Gasteiger partial charge < -0.3 is 10.5 Å². The van der Waals surface area contributed by atoms with Crippen molar-refractivity contribution in [1.82, 2.24) is 15.0 Å². The van der Waals surface area contributed by atoms with Gasteiger partial charge in [0.15, 0.2) is 0 Å². The van der Waals surface area contributed by atoms with E-state index in [0.29, 0.717) is 6.61 Å². The van der Waals surface area contributed by atoms with E-state index in [0.717, 1.165) is 25.1 Å². The van der Waals surface area contributed by atoms with Gasteiger partial charge >= 0.3 is 0 Å². The van der Waals surface area contributed by atoms with Crippen molar-refractivity contribution in [1.29, 1.82) is 0 Å². The summed E-state index contributed by atoms with van der Waals surface area (Å²) in [6.07, 6.45) is 7.53. The molecule has 0 saturated heterocycles. The van der Waals surface area contributed by atoms with Crippen molar-refractivity contribution in [3.8, 4) is 0 Å². The first-order chi connectivity index (χ1) is 8.73. The quantitative estimate of drug-likeness (QED) is 0.871. The van der Waals surface area contributed by atoms with Crippen LogP contribution >= 0.6 is 0 Å². The molecule has 0 amide bonds. The fourth-order valence-electron chi connectivity index (χ4n) is 3.00. The van der Waals surface area contributed by atoms with E-state index in [2.05, 4.69) is 17.2 Å². The Bertz CT molecular complexity index is 365. The molecule has 1 aliphatic rings. The van der Waals surface area contributed by atoms with E-state index in [1.165, 1.54) is 19.3 Å². The molecule has 5 heteroatoms. The highest BCUT2D eigenvalue weighted by Crippen LogP contribution is 2.40. The lowest BCUT2D eigenvalue weighted by Gasteiger charge is -2.41. The second-order valence-corrected chi connectivity index (χ2v) is 5.01. The zero-order chi connectivity index (χ0) is 13.0. The van der Waals surface area contributed by atoms with Crippen LogP contribution in [0.25, 0.3) is 0 Å². The Morgan fingerprint density at radius 2 is 2.11 bits per heavy atom. The molecule has 1 aromatic heterocycles. The van der Waals surface area contributed by atoms with Gasteiger partial charge in [0.05, 0.1) is 23.5 Å². The number of aromatic nitrogens is 3. The molecule has 1 heterocycles. The summed E-state index contributed by atoms with van der Waals surface area (Å²) in [5, 5.41) is 8.05. The highest BCUT2D eigenvalue weighted by Gasteiger charge is 2.41. The molecule has 1 fully saturated rings. The summed E-state index contributed by atoms with van der Waals surface area (Å²) in [6.45, 7) is 5.60. The summed E-state index contributed by atoms with van der Waals surface area (Å²) in [6, 6.07) is -0.132. The molecule has 0 aromatic carbocycles. The van der Waals surface area contributed by atoms with Gasteiger partial charge in [0.25, 0.3) is 0 Å². The Kier molecular flexibility index (Phi) is 4.35. The first-order valence-electron chi connectivity index (χ1n) is 7.01. The number of rotatable bonds is 5. The van der Waals surface area contributed by atoms with E-state index >= 15 is 0 Å². The lowest BCUT2D eigenvalue weighted by atomic mass is 9.78. The average molecular weight is 252 g/mol. The fourth-order valence-corrected chi connectivity index (χ4v) is 3.00. The van der Waals surface area contributed by atoms with Crippen LogP contribution < -0.4 is 5.73 Å². The topological polar surface area (TPSA) is 66.0 Å². The zero-order valence-corrected chi connectivity index (χ0v) is 11.4. The van der Waals surface area contributed by atoms with Gasteiger partial charge in [0.2, 0.25) is 0 Å². The fraction of sp³-hybridized carbons (Fsp3) is 0.846. The molecule has 18 heavy (non-hydrogen) atoms. The molecule has 2 N–H and O–H groups in total. The van der Waals surface area contributed by atoms with Crippen LogP contribution in [0.5, 0.6) is 0 Å². The Morgan fingerprint density at radius 1 is 1.39 bits per heavy atom. The minimum absolute atomic E-state index is 0.132. The number of hydrogen-bond acceptors (Lipinski definition) is 4. The minimum Gasteiger partial charge on any atom is -0.373 e. The Labute approximate surface area is 109 Å². The van der Waals surface area contributed by atoms with Gasteiger partial charge in [0.1, 0.15) is 0 Å². The maximum absolute atomic E-state index is 6.49. The smallest absolute Gasteiger partial charge is 0.0889 e. The standard InChI is InChI=1S/C13H24N4O/c1-3-17-11(10-15-16-17)12(14)13(18-4-2)8-6-5-7-9-13/h10,12H,3-9,14H2,1-2H3. The van der Waals surface area contributed by atoms with E-state index < -0.39 is 0 Å². The predicted octanol–water partition coefficient (Wildman–Crippen LogP) is 2.04.